The fourth-order valence-electron chi connectivity index (χ4n) is 2.56. The van der Waals surface area contributed by atoms with Gasteiger partial charge in [0.2, 0.25) is 0 Å². The average molecular weight is 350 g/mol. The van der Waals surface area contributed by atoms with E-state index in [-0.39, 0.29) is 0 Å². The zero-order valence-corrected chi connectivity index (χ0v) is 14.4. The zero-order chi connectivity index (χ0) is 15.1. The van der Waals surface area contributed by atoms with Gasteiger partial charge < -0.3 is 5.32 Å². The molecular formula is C17H24BrN3. The summed E-state index contributed by atoms with van der Waals surface area (Å²) in [7, 11) is 0. The first-order chi connectivity index (χ1) is 10.2. The first-order valence-electron chi connectivity index (χ1n) is 7.68. The summed E-state index contributed by atoms with van der Waals surface area (Å²) >= 11 is 3.66. The van der Waals surface area contributed by atoms with E-state index in [1.165, 1.54) is 15.6 Å². The van der Waals surface area contributed by atoms with Gasteiger partial charge in [-0.15, -0.1) is 0 Å². The molecular weight excluding hydrogens is 326 g/mol. The third-order valence-electron chi connectivity index (χ3n) is 3.68. The molecule has 4 heteroatoms. The molecule has 0 aliphatic carbocycles. The summed E-state index contributed by atoms with van der Waals surface area (Å²) in [6, 6.07) is 8.50. The summed E-state index contributed by atoms with van der Waals surface area (Å²) < 4.78 is 3.20. The van der Waals surface area contributed by atoms with Crippen molar-refractivity contribution in [3.63, 3.8) is 0 Å². The van der Waals surface area contributed by atoms with Gasteiger partial charge in [-0.3, -0.25) is 4.68 Å². The first-order valence-corrected chi connectivity index (χ1v) is 8.47. The third kappa shape index (κ3) is 4.97. The van der Waals surface area contributed by atoms with Crippen LogP contribution < -0.4 is 5.32 Å². The molecule has 114 valence electrons. The Morgan fingerprint density at radius 2 is 2.05 bits per heavy atom. The molecule has 0 aliphatic rings. The molecule has 0 amide bonds. The molecule has 1 aromatic heterocycles. The monoisotopic (exact) mass is 349 g/mol. The van der Waals surface area contributed by atoms with Crippen molar-refractivity contribution >= 4 is 15.9 Å². The molecule has 0 spiro atoms. The van der Waals surface area contributed by atoms with Gasteiger partial charge in [-0.1, -0.05) is 41.1 Å². The van der Waals surface area contributed by atoms with E-state index in [9.17, 15) is 0 Å². The second-order valence-corrected chi connectivity index (χ2v) is 6.23. The maximum Gasteiger partial charge on any atom is 0.0521 e. The smallest absolute Gasteiger partial charge is 0.0521 e. The minimum absolute atomic E-state index is 0.582. The van der Waals surface area contributed by atoms with Crippen molar-refractivity contribution < 1.29 is 0 Å². The molecule has 2 rings (SSSR count). The van der Waals surface area contributed by atoms with Crippen LogP contribution in [-0.4, -0.2) is 22.9 Å². The van der Waals surface area contributed by atoms with Crippen LogP contribution in [0.5, 0.6) is 0 Å². The van der Waals surface area contributed by atoms with E-state index >= 15 is 0 Å². The molecule has 21 heavy (non-hydrogen) atoms. The van der Waals surface area contributed by atoms with Crippen molar-refractivity contribution in [2.45, 2.75) is 33.2 Å². The molecule has 0 aliphatic heterocycles. The van der Waals surface area contributed by atoms with Gasteiger partial charge in [-0.2, -0.15) is 5.10 Å². The number of halogens is 1. The van der Waals surface area contributed by atoms with Gasteiger partial charge in [-0.05, 0) is 56.0 Å². The fourth-order valence-corrected chi connectivity index (χ4v) is 3.00. The lowest BCUT2D eigenvalue weighted by Crippen LogP contribution is -2.25. The number of nitrogens with one attached hydrogen (secondary N) is 1. The Morgan fingerprint density at radius 3 is 2.71 bits per heavy atom. The van der Waals surface area contributed by atoms with Crippen molar-refractivity contribution in [1.29, 1.82) is 0 Å². The zero-order valence-electron chi connectivity index (χ0n) is 12.8. The summed E-state index contributed by atoms with van der Waals surface area (Å²) in [6.45, 7) is 7.26. The van der Waals surface area contributed by atoms with Gasteiger partial charge in [0.15, 0.2) is 0 Å². The van der Waals surface area contributed by atoms with Crippen molar-refractivity contribution in [2.75, 3.05) is 13.1 Å². The van der Waals surface area contributed by atoms with E-state index in [4.69, 9.17) is 0 Å². The number of aryl methyl sites for hydroxylation is 1. The fraction of sp³-hybridized carbons (Fsp3) is 0.471. The van der Waals surface area contributed by atoms with Crippen molar-refractivity contribution in [3.8, 4) is 0 Å². The molecule has 1 N–H and O–H groups in total. The number of hydrogen-bond donors (Lipinski definition) is 1. The van der Waals surface area contributed by atoms with Crippen LogP contribution in [0, 0.1) is 5.92 Å². The highest BCUT2D eigenvalue weighted by Crippen LogP contribution is 2.21. The highest BCUT2D eigenvalue weighted by atomic mass is 79.9. The molecule has 1 heterocycles. The van der Waals surface area contributed by atoms with Gasteiger partial charge in [-0.25, -0.2) is 0 Å². The van der Waals surface area contributed by atoms with Crippen LogP contribution >= 0.6 is 15.9 Å². The van der Waals surface area contributed by atoms with Gasteiger partial charge in [0, 0.05) is 17.2 Å². The van der Waals surface area contributed by atoms with Crippen LogP contribution in [0.25, 0.3) is 0 Å². The second-order valence-electron chi connectivity index (χ2n) is 5.38. The van der Waals surface area contributed by atoms with E-state index in [2.05, 4.69) is 70.7 Å². The number of hydrogen-bond acceptors (Lipinski definition) is 2. The van der Waals surface area contributed by atoms with E-state index in [1.807, 2.05) is 10.9 Å². The Morgan fingerprint density at radius 1 is 1.24 bits per heavy atom. The maximum atomic E-state index is 4.38. The molecule has 3 nitrogen and oxygen atoms in total. The van der Waals surface area contributed by atoms with Crippen LogP contribution in [0.1, 0.15) is 25.0 Å². The SMILES string of the molecule is CCNCC(Cc1cnn(CC)c1)Cc1ccccc1Br. The summed E-state index contributed by atoms with van der Waals surface area (Å²) in [5.74, 6) is 0.582. The number of benzene rings is 1. The van der Waals surface area contributed by atoms with E-state index in [1.54, 1.807) is 0 Å². The maximum absolute atomic E-state index is 4.38. The van der Waals surface area contributed by atoms with Crippen LogP contribution in [0.4, 0.5) is 0 Å². The lowest BCUT2D eigenvalue weighted by atomic mass is 9.93. The number of nitrogens with zero attached hydrogens (tertiary/aromatic N) is 2. The Bertz CT molecular complexity index is 550. The topological polar surface area (TPSA) is 29.9 Å². The van der Waals surface area contributed by atoms with Gasteiger partial charge in [0.25, 0.3) is 0 Å². The Balaban J connectivity index is 2.05. The molecule has 0 fully saturated rings. The Hall–Kier alpha value is -1.13. The summed E-state index contributed by atoms with van der Waals surface area (Å²) in [5, 5.41) is 7.87. The third-order valence-corrected chi connectivity index (χ3v) is 4.46. The molecule has 1 atom stereocenters. The van der Waals surface area contributed by atoms with Crippen LogP contribution in [0.2, 0.25) is 0 Å². The lowest BCUT2D eigenvalue weighted by molar-refractivity contribution is 0.477. The van der Waals surface area contributed by atoms with Gasteiger partial charge in [0.05, 0.1) is 6.20 Å². The molecule has 0 saturated heterocycles. The normalized spacial score (nSPS) is 12.5. The average Bonchev–Trinajstić information content (AvgIpc) is 2.94. The summed E-state index contributed by atoms with van der Waals surface area (Å²) in [6.07, 6.45) is 6.31. The quantitative estimate of drug-likeness (QED) is 0.787. The van der Waals surface area contributed by atoms with Crippen LogP contribution in [0.3, 0.4) is 0 Å². The number of rotatable bonds is 8. The molecule has 0 radical (unpaired) electrons. The molecule has 0 saturated carbocycles. The highest BCUT2D eigenvalue weighted by molar-refractivity contribution is 9.10. The molecule has 0 bridgehead atoms. The lowest BCUT2D eigenvalue weighted by Gasteiger charge is -2.17. The highest BCUT2D eigenvalue weighted by Gasteiger charge is 2.13. The largest absolute Gasteiger partial charge is 0.317 e. The summed E-state index contributed by atoms with van der Waals surface area (Å²) in [4.78, 5) is 0. The van der Waals surface area contributed by atoms with E-state index < -0.39 is 0 Å². The summed E-state index contributed by atoms with van der Waals surface area (Å²) in [5.41, 5.74) is 2.70. The van der Waals surface area contributed by atoms with Crippen LogP contribution in [0.15, 0.2) is 41.1 Å². The molecule has 1 aromatic carbocycles. The molecule has 2 aromatic rings. The van der Waals surface area contributed by atoms with Crippen molar-refractivity contribution in [3.05, 3.63) is 52.3 Å². The second kappa shape index (κ2) is 8.35. The number of aromatic nitrogens is 2. The Kier molecular flexibility index (Phi) is 6.46. The van der Waals surface area contributed by atoms with Gasteiger partial charge >= 0.3 is 0 Å². The van der Waals surface area contributed by atoms with Crippen LogP contribution in [-0.2, 0) is 19.4 Å². The van der Waals surface area contributed by atoms with Crippen molar-refractivity contribution in [1.82, 2.24) is 15.1 Å². The standard InChI is InChI=1S/C17H24BrN3/c1-3-19-11-14(9-15-12-20-21(4-2)13-15)10-16-7-5-6-8-17(16)18/h5-8,12-14,19H,3-4,9-11H2,1-2H3. The van der Waals surface area contributed by atoms with E-state index in [0.717, 1.165) is 32.5 Å². The molecule has 1 unspecified atom stereocenters. The van der Waals surface area contributed by atoms with E-state index in [0.29, 0.717) is 5.92 Å². The predicted octanol–water partition coefficient (Wildman–Crippen LogP) is 3.68. The first kappa shape index (κ1) is 16.2. The van der Waals surface area contributed by atoms with Gasteiger partial charge in [0.1, 0.15) is 0 Å². The minimum Gasteiger partial charge on any atom is -0.317 e. The Labute approximate surface area is 135 Å². The van der Waals surface area contributed by atoms with Crippen molar-refractivity contribution in [2.24, 2.45) is 5.92 Å². The minimum atomic E-state index is 0.582. The predicted molar refractivity (Wildman–Crippen MR) is 91.5 cm³/mol.